The van der Waals surface area contributed by atoms with E-state index in [1.807, 2.05) is 0 Å². The molecule has 5 rings (SSSR count). The Labute approximate surface area is 185 Å². The number of piperidine rings is 1. The first-order valence-corrected chi connectivity index (χ1v) is 10.6. The van der Waals surface area contributed by atoms with Gasteiger partial charge in [-0.3, -0.25) is 4.79 Å². The van der Waals surface area contributed by atoms with Crippen molar-refractivity contribution in [1.82, 2.24) is 9.80 Å². The Morgan fingerprint density at radius 2 is 1.76 bits per heavy atom. The fourth-order valence-corrected chi connectivity index (χ4v) is 5.29. The van der Waals surface area contributed by atoms with Crippen LogP contribution in [0.2, 0.25) is 0 Å². The molecule has 2 unspecified atom stereocenters. The molecule has 6 nitrogen and oxygen atoms in total. The van der Waals surface area contributed by atoms with E-state index < -0.39 is 59.1 Å². The van der Waals surface area contributed by atoms with Gasteiger partial charge in [0.1, 0.15) is 29.7 Å². The first-order chi connectivity index (χ1) is 15.6. The van der Waals surface area contributed by atoms with E-state index in [0.717, 1.165) is 18.4 Å². The molecule has 0 aliphatic carbocycles. The average molecular weight is 472 g/mol. The van der Waals surface area contributed by atoms with E-state index >= 15 is 0 Å². The quantitative estimate of drug-likeness (QED) is 0.668. The third kappa shape index (κ3) is 3.71. The van der Waals surface area contributed by atoms with Crippen molar-refractivity contribution in [2.24, 2.45) is 0 Å². The third-order valence-corrected chi connectivity index (χ3v) is 6.82. The lowest BCUT2D eigenvalue weighted by Gasteiger charge is -2.41. The normalized spacial score (nSPS) is 27.3. The number of fused-ring (bicyclic) bond motifs is 1. The van der Waals surface area contributed by atoms with Gasteiger partial charge in [-0.05, 0) is 49.4 Å². The van der Waals surface area contributed by atoms with Crippen LogP contribution in [0.5, 0.6) is 0 Å². The van der Waals surface area contributed by atoms with Gasteiger partial charge in [0.15, 0.2) is 0 Å². The molecule has 2 aromatic rings. The number of nitrogens with zero attached hydrogens (tertiary/aromatic N) is 2. The molecule has 1 N–H and O–H groups in total. The lowest BCUT2D eigenvalue weighted by molar-refractivity contribution is -0.153. The van der Waals surface area contributed by atoms with Gasteiger partial charge in [0.2, 0.25) is 5.76 Å². The van der Waals surface area contributed by atoms with Crippen molar-refractivity contribution in [2.45, 2.75) is 56.0 Å². The molecule has 3 saturated heterocycles. The van der Waals surface area contributed by atoms with Crippen molar-refractivity contribution in [2.75, 3.05) is 13.1 Å². The number of carbonyl (C=O) groups is 1. The zero-order chi connectivity index (χ0) is 23.5. The van der Waals surface area contributed by atoms with Crippen LogP contribution >= 0.6 is 0 Å². The Morgan fingerprint density at radius 3 is 2.39 bits per heavy atom. The zero-order valence-electron chi connectivity index (χ0n) is 17.3. The van der Waals surface area contributed by atoms with Crippen molar-refractivity contribution in [1.29, 1.82) is 0 Å². The number of hydrogen-bond donors (Lipinski definition) is 1. The molecule has 3 fully saturated rings. The molecule has 33 heavy (non-hydrogen) atoms. The number of furan rings is 1. The van der Waals surface area contributed by atoms with Crippen molar-refractivity contribution in [3.8, 4) is 0 Å². The lowest BCUT2D eigenvalue weighted by atomic mass is 9.88. The fraction of sp³-hybridized carbons (Fsp3) is 0.500. The van der Waals surface area contributed by atoms with Crippen molar-refractivity contribution >= 4 is 5.91 Å². The van der Waals surface area contributed by atoms with Crippen molar-refractivity contribution in [3.63, 3.8) is 0 Å². The van der Waals surface area contributed by atoms with E-state index in [4.69, 9.17) is 4.74 Å². The molecular formula is C22H21F5N2O4. The summed E-state index contributed by atoms with van der Waals surface area (Å²) in [5, 5.41) is 11.2. The number of rotatable bonds is 2. The van der Waals surface area contributed by atoms with Gasteiger partial charge in [0.25, 0.3) is 5.91 Å². The molecule has 3 aliphatic heterocycles. The number of carbonyl (C=O) groups excluding carboxylic acids is 1. The zero-order valence-corrected chi connectivity index (χ0v) is 17.3. The molecule has 3 aliphatic rings. The number of hydrogen-bond acceptors (Lipinski definition) is 5. The number of alkyl halides is 3. The highest BCUT2D eigenvalue weighted by molar-refractivity contribution is 5.95. The summed E-state index contributed by atoms with van der Waals surface area (Å²) in [6, 6.07) is 3.81. The van der Waals surface area contributed by atoms with Crippen LogP contribution in [0.4, 0.5) is 22.0 Å². The highest BCUT2D eigenvalue weighted by Gasteiger charge is 2.58. The van der Waals surface area contributed by atoms with Gasteiger partial charge >= 0.3 is 6.18 Å². The number of ether oxygens (including phenoxy) is 1. The number of likely N-dealkylation sites (tertiary alicyclic amines) is 1. The summed E-state index contributed by atoms with van der Waals surface area (Å²) in [6.45, 7) is 0.163. The van der Waals surface area contributed by atoms with Crippen LogP contribution in [0.25, 0.3) is 0 Å². The topological polar surface area (TPSA) is 66.2 Å². The van der Waals surface area contributed by atoms with Crippen LogP contribution in [0.1, 0.15) is 53.4 Å². The minimum atomic E-state index is -4.79. The number of halogens is 5. The van der Waals surface area contributed by atoms with Crippen LogP contribution in [0.3, 0.4) is 0 Å². The molecule has 1 spiro atoms. The van der Waals surface area contributed by atoms with Crippen LogP contribution < -0.4 is 0 Å². The van der Waals surface area contributed by atoms with Crippen LogP contribution in [0, 0.1) is 11.6 Å². The smallest absolute Gasteiger partial charge is 0.450 e. The molecule has 0 bridgehead atoms. The molecule has 178 valence electrons. The van der Waals surface area contributed by atoms with Gasteiger partial charge < -0.3 is 19.2 Å². The molecule has 3 atom stereocenters. The Hall–Kier alpha value is -2.50. The van der Waals surface area contributed by atoms with E-state index in [0.29, 0.717) is 18.4 Å². The van der Waals surface area contributed by atoms with Crippen LogP contribution in [-0.2, 0) is 10.9 Å². The SMILES string of the molecule is O=C(c1ccoc1C(F)(F)F)N1CCC2(CC1)OC1CC[C@@H](c3cc(F)cc(F)c3)N1C2O. The summed E-state index contributed by atoms with van der Waals surface area (Å²) in [4.78, 5) is 15.7. The maximum Gasteiger partial charge on any atom is 0.450 e. The Kier molecular flexibility index (Phi) is 5.26. The van der Waals surface area contributed by atoms with E-state index in [1.54, 1.807) is 4.90 Å². The standard InChI is InChI=1S/C22H21F5N2O4/c23-13-9-12(10-14(24)11-13)16-1-2-17-29(16)20(31)21(33-17)4-6-28(7-5-21)19(30)15-3-8-32-18(15)22(25,26)27/h3,8-11,16-17,20,31H,1-2,4-7H2/t16-,17?,20?/m0/s1. The maximum atomic E-state index is 13.7. The van der Waals surface area contributed by atoms with E-state index in [1.165, 1.54) is 17.0 Å². The van der Waals surface area contributed by atoms with Crippen LogP contribution in [0.15, 0.2) is 34.9 Å². The van der Waals surface area contributed by atoms with Gasteiger partial charge in [-0.1, -0.05) is 0 Å². The Morgan fingerprint density at radius 1 is 1.09 bits per heavy atom. The number of amides is 1. The molecule has 11 heteroatoms. The van der Waals surface area contributed by atoms with Crippen molar-refractivity contribution < 1.29 is 41.0 Å². The fourth-order valence-electron chi connectivity index (χ4n) is 5.29. The second kappa shape index (κ2) is 7.78. The number of aliphatic hydroxyl groups is 1. The summed E-state index contributed by atoms with van der Waals surface area (Å²) in [7, 11) is 0. The summed E-state index contributed by atoms with van der Waals surface area (Å²) >= 11 is 0. The number of aliphatic hydroxyl groups excluding tert-OH is 1. The monoisotopic (exact) mass is 472 g/mol. The third-order valence-electron chi connectivity index (χ3n) is 6.82. The molecule has 1 aromatic heterocycles. The summed E-state index contributed by atoms with van der Waals surface area (Å²) < 4.78 is 77.4. The van der Waals surface area contributed by atoms with E-state index in [9.17, 15) is 31.9 Å². The van der Waals surface area contributed by atoms with E-state index in [2.05, 4.69) is 4.42 Å². The van der Waals surface area contributed by atoms with Crippen LogP contribution in [-0.4, -0.2) is 52.0 Å². The van der Waals surface area contributed by atoms with E-state index in [-0.39, 0.29) is 25.9 Å². The molecule has 1 aromatic carbocycles. The summed E-state index contributed by atoms with van der Waals surface area (Å²) in [5.41, 5.74) is -1.17. The molecule has 1 amide bonds. The van der Waals surface area contributed by atoms with Gasteiger partial charge in [0, 0.05) is 25.2 Å². The molecule has 0 radical (unpaired) electrons. The van der Waals surface area contributed by atoms with Crippen molar-refractivity contribution in [3.05, 3.63) is 59.1 Å². The highest BCUT2D eigenvalue weighted by Crippen LogP contribution is 2.50. The molecule has 4 heterocycles. The first-order valence-electron chi connectivity index (χ1n) is 10.6. The Balaban J connectivity index is 1.31. The van der Waals surface area contributed by atoms with Gasteiger partial charge in [-0.2, -0.15) is 13.2 Å². The second-order valence-corrected chi connectivity index (χ2v) is 8.71. The van der Waals surface area contributed by atoms with Gasteiger partial charge in [-0.15, -0.1) is 0 Å². The Bertz CT molecular complexity index is 1040. The summed E-state index contributed by atoms with van der Waals surface area (Å²) in [5.74, 6) is -3.55. The second-order valence-electron chi connectivity index (χ2n) is 8.71. The highest BCUT2D eigenvalue weighted by atomic mass is 19.4. The van der Waals surface area contributed by atoms with Gasteiger partial charge in [0.05, 0.1) is 11.8 Å². The molecule has 0 saturated carbocycles. The lowest BCUT2D eigenvalue weighted by Crippen LogP contribution is -2.54. The van der Waals surface area contributed by atoms with Gasteiger partial charge in [-0.25, -0.2) is 13.7 Å². The molecular weight excluding hydrogens is 451 g/mol. The minimum absolute atomic E-state index is 0.0815. The largest absolute Gasteiger partial charge is 0.459 e. The predicted octanol–water partition coefficient (Wildman–Crippen LogP) is 4.06. The average Bonchev–Trinajstić information content (AvgIpc) is 3.44. The first kappa shape index (κ1) is 22.3. The predicted molar refractivity (Wildman–Crippen MR) is 103 cm³/mol. The maximum absolute atomic E-state index is 13.7. The number of benzene rings is 1. The minimum Gasteiger partial charge on any atom is -0.459 e. The summed E-state index contributed by atoms with van der Waals surface area (Å²) in [6.07, 6.45) is -3.99.